The van der Waals surface area contributed by atoms with E-state index >= 15 is 0 Å². The van der Waals surface area contributed by atoms with Gasteiger partial charge in [0, 0.05) is 12.3 Å². The number of hydrogen-bond donors (Lipinski definition) is 1. The van der Waals surface area contributed by atoms with Gasteiger partial charge in [-0.1, -0.05) is 0 Å². The number of nitrogens with one attached hydrogen (secondary N) is 1. The SMILES string of the molecule is Fc1ccc(F)c2c(NCCOc3ccc(Oc4cc(C(F)(F)F)ccn4)cc3)ncnc12. The first-order valence-corrected chi connectivity index (χ1v) is 9.58. The second-order valence-electron chi connectivity index (χ2n) is 6.70. The fraction of sp³-hybridized carbons (Fsp3) is 0.136. The van der Waals surface area contributed by atoms with Crippen molar-refractivity contribution in [2.45, 2.75) is 6.18 Å². The molecule has 0 spiro atoms. The van der Waals surface area contributed by atoms with Crippen LogP contribution in [0, 0.1) is 11.6 Å². The van der Waals surface area contributed by atoms with Gasteiger partial charge in [-0.3, -0.25) is 0 Å². The maximum atomic E-state index is 14.1. The van der Waals surface area contributed by atoms with Gasteiger partial charge in [-0.2, -0.15) is 13.2 Å². The number of alkyl halides is 3. The quantitative estimate of drug-likeness (QED) is 0.285. The monoisotopic (exact) mass is 462 g/mol. The molecule has 33 heavy (non-hydrogen) atoms. The number of halogens is 5. The molecule has 4 aromatic rings. The molecule has 2 aromatic carbocycles. The summed E-state index contributed by atoms with van der Waals surface area (Å²) < 4.78 is 77.2. The van der Waals surface area contributed by atoms with Gasteiger partial charge in [-0.05, 0) is 42.5 Å². The van der Waals surface area contributed by atoms with Crippen molar-refractivity contribution in [2.24, 2.45) is 0 Å². The first-order valence-electron chi connectivity index (χ1n) is 9.58. The van der Waals surface area contributed by atoms with Crippen molar-refractivity contribution in [3.05, 3.63) is 78.3 Å². The zero-order valence-corrected chi connectivity index (χ0v) is 16.7. The van der Waals surface area contributed by atoms with Gasteiger partial charge in [0.2, 0.25) is 5.88 Å². The molecule has 0 saturated carbocycles. The molecule has 170 valence electrons. The van der Waals surface area contributed by atoms with Crippen molar-refractivity contribution in [2.75, 3.05) is 18.5 Å². The second-order valence-corrected chi connectivity index (χ2v) is 6.70. The van der Waals surface area contributed by atoms with Crippen molar-refractivity contribution < 1.29 is 31.4 Å². The molecule has 0 aliphatic carbocycles. The molecule has 0 fully saturated rings. The Bertz CT molecular complexity index is 1270. The number of anilines is 1. The average Bonchev–Trinajstić information content (AvgIpc) is 2.80. The predicted molar refractivity (Wildman–Crippen MR) is 109 cm³/mol. The lowest BCUT2D eigenvalue weighted by Gasteiger charge is -2.11. The third-order valence-electron chi connectivity index (χ3n) is 4.46. The van der Waals surface area contributed by atoms with Crippen LogP contribution in [0.1, 0.15) is 5.56 Å². The summed E-state index contributed by atoms with van der Waals surface area (Å²) in [6.45, 7) is 0.395. The fourth-order valence-corrected chi connectivity index (χ4v) is 2.94. The zero-order chi connectivity index (χ0) is 23.4. The molecular formula is C22H15F5N4O2. The molecule has 2 aromatic heterocycles. The Morgan fingerprint density at radius 3 is 2.33 bits per heavy atom. The largest absolute Gasteiger partial charge is 0.492 e. The van der Waals surface area contributed by atoms with Crippen LogP contribution in [0.3, 0.4) is 0 Å². The molecule has 0 amide bonds. The van der Waals surface area contributed by atoms with Crippen LogP contribution < -0.4 is 14.8 Å². The number of ether oxygens (including phenoxy) is 2. The van der Waals surface area contributed by atoms with Crippen molar-refractivity contribution in [1.82, 2.24) is 15.0 Å². The highest BCUT2D eigenvalue weighted by Gasteiger charge is 2.31. The molecule has 2 heterocycles. The summed E-state index contributed by atoms with van der Waals surface area (Å²) in [5, 5.41) is 2.83. The van der Waals surface area contributed by atoms with E-state index in [0.29, 0.717) is 5.75 Å². The van der Waals surface area contributed by atoms with Crippen LogP contribution >= 0.6 is 0 Å². The van der Waals surface area contributed by atoms with Crippen molar-refractivity contribution in [3.63, 3.8) is 0 Å². The molecule has 0 unspecified atom stereocenters. The van der Waals surface area contributed by atoms with Crippen molar-refractivity contribution in [1.29, 1.82) is 0 Å². The van der Waals surface area contributed by atoms with E-state index in [0.717, 1.165) is 36.8 Å². The summed E-state index contributed by atoms with van der Waals surface area (Å²) in [6.07, 6.45) is -2.35. The Morgan fingerprint density at radius 1 is 0.848 bits per heavy atom. The van der Waals surface area contributed by atoms with Gasteiger partial charge < -0.3 is 14.8 Å². The maximum Gasteiger partial charge on any atom is 0.416 e. The highest BCUT2D eigenvalue weighted by Crippen LogP contribution is 2.32. The van der Waals surface area contributed by atoms with E-state index in [4.69, 9.17) is 9.47 Å². The summed E-state index contributed by atoms with van der Waals surface area (Å²) in [5.41, 5.74) is -0.988. The summed E-state index contributed by atoms with van der Waals surface area (Å²) in [4.78, 5) is 11.5. The molecule has 0 saturated heterocycles. The van der Waals surface area contributed by atoms with E-state index < -0.39 is 23.4 Å². The molecule has 4 rings (SSSR count). The molecule has 1 N–H and O–H groups in total. The number of fused-ring (bicyclic) bond motifs is 1. The number of rotatable bonds is 7. The molecule has 0 bridgehead atoms. The first-order chi connectivity index (χ1) is 15.8. The van der Waals surface area contributed by atoms with Gasteiger partial charge in [0.25, 0.3) is 0 Å². The van der Waals surface area contributed by atoms with Gasteiger partial charge in [0.05, 0.1) is 17.5 Å². The van der Waals surface area contributed by atoms with Crippen molar-refractivity contribution in [3.8, 4) is 17.4 Å². The summed E-state index contributed by atoms with van der Waals surface area (Å²) in [6, 6.07) is 9.82. The van der Waals surface area contributed by atoms with E-state index in [-0.39, 0.29) is 41.5 Å². The standard InChI is InChI=1S/C22H15F5N4O2/c23-16-5-6-17(24)20-19(16)21(31-12-30-20)29-9-10-32-14-1-3-15(4-2-14)33-18-11-13(7-8-28-18)22(25,26)27/h1-8,11-12H,9-10H2,(H,29,30,31). The van der Waals surface area contributed by atoms with Gasteiger partial charge in [-0.15, -0.1) is 0 Å². The van der Waals surface area contributed by atoms with Crippen LogP contribution in [0.2, 0.25) is 0 Å². The molecule has 0 aliphatic heterocycles. The fourth-order valence-electron chi connectivity index (χ4n) is 2.94. The van der Waals surface area contributed by atoms with Gasteiger partial charge in [0.15, 0.2) is 0 Å². The Balaban J connectivity index is 1.33. The topological polar surface area (TPSA) is 69.2 Å². The van der Waals surface area contributed by atoms with Crippen LogP contribution in [0.25, 0.3) is 10.9 Å². The second kappa shape index (κ2) is 9.23. The zero-order valence-electron chi connectivity index (χ0n) is 16.7. The summed E-state index contributed by atoms with van der Waals surface area (Å²) in [5.74, 6) is -0.624. The molecule has 0 atom stereocenters. The van der Waals surface area contributed by atoms with Crippen LogP contribution in [0.4, 0.5) is 27.8 Å². The third kappa shape index (κ3) is 5.25. The molecule has 6 nitrogen and oxygen atoms in total. The number of hydrogen-bond acceptors (Lipinski definition) is 6. The Kier molecular flexibility index (Phi) is 6.20. The lowest BCUT2D eigenvalue weighted by atomic mass is 10.2. The number of benzene rings is 2. The van der Waals surface area contributed by atoms with E-state index in [2.05, 4.69) is 20.3 Å². The minimum Gasteiger partial charge on any atom is -0.492 e. The number of nitrogens with zero attached hydrogens (tertiary/aromatic N) is 3. The number of aromatic nitrogens is 3. The van der Waals surface area contributed by atoms with E-state index in [1.54, 1.807) is 12.1 Å². The minimum atomic E-state index is -4.50. The first kappa shape index (κ1) is 22.2. The predicted octanol–water partition coefficient (Wildman–Crippen LogP) is 5.61. The smallest absolute Gasteiger partial charge is 0.416 e. The van der Waals surface area contributed by atoms with Gasteiger partial charge in [0.1, 0.15) is 47.4 Å². The highest BCUT2D eigenvalue weighted by molar-refractivity contribution is 5.89. The summed E-state index contributed by atoms with van der Waals surface area (Å²) in [7, 11) is 0. The Labute approximate surface area is 184 Å². The van der Waals surface area contributed by atoms with E-state index in [9.17, 15) is 22.0 Å². The van der Waals surface area contributed by atoms with Crippen LogP contribution in [0.15, 0.2) is 61.1 Å². The maximum absolute atomic E-state index is 14.1. The van der Waals surface area contributed by atoms with Crippen LogP contribution in [-0.2, 0) is 6.18 Å². The van der Waals surface area contributed by atoms with E-state index in [1.165, 1.54) is 12.1 Å². The molecule has 0 aliphatic rings. The Morgan fingerprint density at radius 2 is 1.58 bits per heavy atom. The normalized spacial score (nSPS) is 11.4. The minimum absolute atomic E-state index is 0.0535. The summed E-state index contributed by atoms with van der Waals surface area (Å²) >= 11 is 0. The third-order valence-corrected chi connectivity index (χ3v) is 4.46. The molecule has 11 heteroatoms. The average molecular weight is 462 g/mol. The van der Waals surface area contributed by atoms with E-state index in [1.807, 2.05) is 0 Å². The van der Waals surface area contributed by atoms with Gasteiger partial charge >= 0.3 is 6.18 Å². The Hall–Kier alpha value is -4.02. The highest BCUT2D eigenvalue weighted by atomic mass is 19.4. The van der Waals surface area contributed by atoms with Gasteiger partial charge in [-0.25, -0.2) is 23.7 Å². The van der Waals surface area contributed by atoms with Crippen LogP contribution in [0.5, 0.6) is 17.4 Å². The molecular weight excluding hydrogens is 447 g/mol. The lowest BCUT2D eigenvalue weighted by Crippen LogP contribution is -2.13. The lowest BCUT2D eigenvalue weighted by molar-refractivity contribution is -0.137. The van der Waals surface area contributed by atoms with Crippen LogP contribution in [-0.4, -0.2) is 28.1 Å². The number of pyridine rings is 1. The molecule has 0 radical (unpaired) electrons. The van der Waals surface area contributed by atoms with Crippen molar-refractivity contribution >= 4 is 16.7 Å².